The van der Waals surface area contributed by atoms with E-state index in [0.29, 0.717) is 5.52 Å². The molecule has 3 nitrogen and oxygen atoms in total. The molecule has 17 heavy (non-hydrogen) atoms. The Hall–Kier alpha value is -1.49. The first-order chi connectivity index (χ1) is 8.15. The Morgan fingerprint density at radius 3 is 2.82 bits per heavy atom. The van der Waals surface area contributed by atoms with Crippen LogP contribution in [0.3, 0.4) is 0 Å². The van der Waals surface area contributed by atoms with Crippen molar-refractivity contribution in [2.45, 2.75) is 31.2 Å². The van der Waals surface area contributed by atoms with Gasteiger partial charge < -0.3 is 10.7 Å². The molecule has 5 heteroatoms. The van der Waals surface area contributed by atoms with E-state index in [1.807, 2.05) is 0 Å². The molecule has 0 radical (unpaired) electrons. The first-order valence-corrected chi connectivity index (χ1v) is 5.74. The van der Waals surface area contributed by atoms with E-state index in [1.165, 1.54) is 6.07 Å². The van der Waals surface area contributed by atoms with Gasteiger partial charge in [0.1, 0.15) is 11.3 Å². The van der Waals surface area contributed by atoms with Crippen molar-refractivity contribution in [2.75, 3.05) is 0 Å². The number of nitrogens with one attached hydrogen (secondary N) is 1. The maximum atomic E-state index is 13.5. The van der Waals surface area contributed by atoms with Crippen LogP contribution in [0.4, 0.5) is 8.78 Å². The number of H-pyrrole nitrogens is 1. The summed E-state index contributed by atoms with van der Waals surface area (Å²) in [6, 6.07) is 2.81. The average Bonchev–Trinajstić information content (AvgIpc) is 2.90. The van der Waals surface area contributed by atoms with Gasteiger partial charge in [-0.15, -0.1) is 0 Å². The van der Waals surface area contributed by atoms with Crippen molar-refractivity contribution < 1.29 is 8.78 Å². The normalized spacial score (nSPS) is 24.6. The molecule has 2 unspecified atom stereocenters. The Labute approximate surface area is 97.0 Å². The molecular formula is C12H13F2N3. The number of hydrogen-bond acceptors (Lipinski definition) is 2. The second kappa shape index (κ2) is 3.77. The fourth-order valence-electron chi connectivity index (χ4n) is 2.49. The SMILES string of the molecule is NC1CCC(c2nc3c(F)c(F)ccc3[nH]2)C1. The molecule has 2 aromatic rings. The first-order valence-electron chi connectivity index (χ1n) is 5.74. The molecule has 3 rings (SSSR count). The molecule has 1 aromatic heterocycles. The third-order valence-electron chi connectivity index (χ3n) is 3.42. The molecule has 90 valence electrons. The number of halogens is 2. The third-order valence-corrected chi connectivity index (χ3v) is 3.42. The van der Waals surface area contributed by atoms with E-state index in [4.69, 9.17) is 5.73 Å². The van der Waals surface area contributed by atoms with Crippen LogP contribution < -0.4 is 5.73 Å². The fourth-order valence-corrected chi connectivity index (χ4v) is 2.49. The van der Waals surface area contributed by atoms with Gasteiger partial charge in [-0.05, 0) is 31.4 Å². The van der Waals surface area contributed by atoms with Gasteiger partial charge in [-0.25, -0.2) is 13.8 Å². The van der Waals surface area contributed by atoms with Crippen molar-refractivity contribution in [3.63, 3.8) is 0 Å². The zero-order chi connectivity index (χ0) is 12.0. The highest BCUT2D eigenvalue weighted by atomic mass is 19.2. The molecule has 0 saturated heterocycles. The molecule has 0 aliphatic heterocycles. The zero-order valence-corrected chi connectivity index (χ0v) is 9.21. The second-order valence-corrected chi connectivity index (χ2v) is 4.65. The summed E-state index contributed by atoms with van der Waals surface area (Å²) >= 11 is 0. The van der Waals surface area contributed by atoms with E-state index < -0.39 is 11.6 Å². The van der Waals surface area contributed by atoms with Crippen LogP contribution in [0, 0.1) is 11.6 Å². The summed E-state index contributed by atoms with van der Waals surface area (Å²) in [5.41, 5.74) is 6.46. The standard InChI is InChI=1S/C12H13F2N3/c13-8-3-4-9-11(10(8)14)17-12(16-9)6-1-2-7(15)5-6/h3-4,6-7H,1-2,5,15H2,(H,16,17). The topological polar surface area (TPSA) is 54.7 Å². The molecule has 0 amide bonds. The van der Waals surface area contributed by atoms with Crippen molar-refractivity contribution in [1.82, 2.24) is 9.97 Å². The molecule has 0 bridgehead atoms. The summed E-state index contributed by atoms with van der Waals surface area (Å²) in [6.45, 7) is 0. The zero-order valence-electron chi connectivity index (χ0n) is 9.21. The summed E-state index contributed by atoms with van der Waals surface area (Å²) in [5.74, 6) is -0.789. The lowest BCUT2D eigenvalue weighted by Gasteiger charge is -2.04. The minimum atomic E-state index is -0.882. The van der Waals surface area contributed by atoms with Crippen molar-refractivity contribution in [3.05, 3.63) is 29.6 Å². The number of fused-ring (bicyclic) bond motifs is 1. The lowest BCUT2D eigenvalue weighted by atomic mass is 10.1. The van der Waals surface area contributed by atoms with Crippen molar-refractivity contribution in [1.29, 1.82) is 0 Å². The lowest BCUT2D eigenvalue weighted by Crippen LogP contribution is -2.14. The van der Waals surface area contributed by atoms with Crippen LogP contribution in [-0.4, -0.2) is 16.0 Å². The van der Waals surface area contributed by atoms with Gasteiger partial charge in [0, 0.05) is 12.0 Å². The van der Waals surface area contributed by atoms with Crippen LogP contribution in [0.5, 0.6) is 0 Å². The van der Waals surface area contributed by atoms with Crippen LogP contribution >= 0.6 is 0 Å². The van der Waals surface area contributed by atoms with E-state index in [2.05, 4.69) is 9.97 Å². The molecule has 1 aromatic carbocycles. The number of imidazole rings is 1. The maximum absolute atomic E-state index is 13.5. The second-order valence-electron chi connectivity index (χ2n) is 4.65. The number of nitrogens with zero attached hydrogens (tertiary/aromatic N) is 1. The molecular weight excluding hydrogens is 224 g/mol. The Morgan fingerprint density at radius 2 is 2.12 bits per heavy atom. The van der Waals surface area contributed by atoms with Crippen molar-refractivity contribution in [2.24, 2.45) is 5.73 Å². The van der Waals surface area contributed by atoms with Gasteiger partial charge >= 0.3 is 0 Å². The van der Waals surface area contributed by atoms with Gasteiger partial charge in [-0.1, -0.05) is 0 Å². The smallest absolute Gasteiger partial charge is 0.186 e. The van der Waals surface area contributed by atoms with E-state index in [1.54, 1.807) is 0 Å². The Morgan fingerprint density at radius 1 is 1.29 bits per heavy atom. The summed E-state index contributed by atoms with van der Waals surface area (Å²) in [6.07, 6.45) is 2.76. The van der Waals surface area contributed by atoms with Gasteiger partial charge in [0.15, 0.2) is 11.6 Å². The number of aromatic amines is 1. The molecule has 1 saturated carbocycles. The maximum Gasteiger partial charge on any atom is 0.186 e. The Balaban J connectivity index is 2.05. The largest absolute Gasteiger partial charge is 0.342 e. The molecule has 3 N–H and O–H groups in total. The molecule has 1 aliphatic carbocycles. The highest BCUT2D eigenvalue weighted by Crippen LogP contribution is 2.33. The lowest BCUT2D eigenvalue weighted by molar-refractivity contribution is 0.515. The van der Waals surface area contributed by atoms with Crippen LogP contribution in [0.15, 0.2) is 12.1 Å². The molecule has 2 atom stereocenters. The third kappa shape index (κ3) is 1.70. The van der Waals surface area contributed by atoms with Gasteiger partial charge in [0.25, 0.3) is 0 Å². The fraction of sp³-hybridized carbons (Fsp3) is 0.417. The highest BCUT2D eigenvalue weighted by molar-refractivity contribution is 5.75. The number of rotatable bonds is 1. The van der Waals surface area contributed by atoms with Gasteiger partial charge in [0.2, 0.25) is 0 Å². The van der Waals surface area contributed by atoms with Gasteiger partial charge in [0.05, 0.1) is 5.52 Å². The first kappa shape index (κ1) is 10.7. The predicted molar refractivity (Wildman–Crippen MR) is 60.6 cm³/mol. The Kier molecular flexibility index (Phi) is 2.36. The summed E-state index contributed by atoms with van der Waals surface area (Å²) in [7, 11) is 0. The average molecular weight is 237 g/mol. The van der Waals surface area contributed by atoms with Crippen LogP contribution in [-0.2, 0) is 0 Å². The van der Waals surface area contributed by atoms with Crippen molar-refractivity contribution in [3.8, 4) is 0 Å². The molecule has 1 fully saturated rings. The Bertz CT molecular complexity index is 564. The molecule has 1 heterocycles. The van der Waals surface area contributed by atoms with E-state index >= 15 is 0 Å². The highest BCUT2D eigenvalue weighted by Gasteiger charge is 2.26. The molecule has 1 aliphatic rings. The van der Waals surface area contributed by atoms with E-state index in [9.17, 15) is 8.78 Å². The van der Waals surface area contributed by atoms with E-state index in [-0.39, 0.29) is 17.5 Å². The van der Waals surface area contributed by atoms with Crippen LogP contribution in [0.2, 0.25) is 0 Å². The minimum Gasteiger partial charge on any atom is -0.342 e. The minimum absolute atomic E-state index is 0.0838. The summed E-state index contributed by atoms with van der Waals surface area (Å²) in [4.78, 5) is 7.22. The number of nitrogens with two attached hydrogens (primary N) is 1. The monoisotopic (exact) mass is 237 g/mol. The van der Waals surface area contributed by atoms with Gasteiger partial charge in [-0.2, -0.15) is 0 Å². The summed E-state index contributed by atoms with van der Waals surface area (Å²) in [5, 5.41) is 0. The molecule has 0 spiro atoms. The number of aromatic nitrogens is 2. The van der Waals surface area contributed by atoms with Gasteiger partial charge in [-0.3, -0.25) is 0 Å². The van der Waals surface area contributed by atoms with Crippen LogP contribution in [0.1, 0.15) is 31.0 Å². The summed E-state index contributed by atoms with van der Waals surface area (Å²) < 4.78 is 26.5. The van der Waals surface area contributed by atoms with Crippen LogP contribution in [0.25, 0.3) is 11.0 Å². The quantitative estimate of drug-likeness (QED) is 0.800. The van der Waals surface area contributed by atoms with Crippen molar-refractivity contribution >= 4 is 11.0 Å². The number of benzene rings is 1. The predicted octanol–water partition coefficient (Wildman–Crippen LogP) is 2.44. The number of hydrogen-bond donors (Lipinski definition) is 2. The van der Waals surface area contributed by atoms with E-state index in [0.717, 1.165) is 31.2 Å².